The number of fused-ring (bicyclic) bond motifs is 1. The summed E-state index contributed by atoms with van der Waals surface area (Å²) in [6, 6.07) is 5.96. The average Bonchev–Trinajstić information content (AvgIpc) is 3.04. The summed E-state index contributed by atoms with van der Waals surface area (Å²) in [7, 11) is 0. The molecule has 0 spiro atoms. The van der Waals surface area contributed by atoms with Crippen LogP contribution < -0.4 is 10.7 Å². The quantitative estimate of drug-likeness (QED) is 0.710. The first-order valence-corrected chi connectivity index (χ1v) is 7.41. The van der Waals surface area contributed by atoms with Crippen LogP contribution in [0.2, 0.25) is 0 Å². The molecule has 0 aliphatic carbocycles. The number of carbonyl (C=O) groups is 2. The van der Waals surface area contributed by atoms with Crippen LogP contribution in [0.4, 0.5) is 0 Å². The number of hydrogen-bond donors (Lipinski definition) is 0. The Morgan fingerprint density at radius 3 is 2.87 bits per heavy atom. The number of hydrogen-bond acceptors (Lipinski definition) is 6. The van der Waals surface area contributed by atoms with Crippen molar-refractivity contribution >= 4 is 22.8 Å². The SMILES string of the molecule is O=C([O-])[C@H]1CCCN1C(=O)CCn1nnc2ccccc2c1=O. The number of aryl methyl sites for hydroxylation is 1. The molecular formula is C15H15N4O4-. The van der Waals surface area contributed by atoms with Gasteiger partial charge in [-0.2, -0.15) is 0 Å². The zero-order chi connectivity index (χ0) is 16.4. The number of amides is 1. The Kier molecular flexibility index (Phi) is 4.05. The van der Waals surface area contributed by atoms with E-state index in [9.17, 15) is 19.5 Å². The molecule has 0 N–H and O–H groups in total. The Bertz CT molecular complexity index is 816. The van der Waals surface area contributed by atoms with Crippen LogP contribution in [0, 0.1) is 0 Å². The summed E-state index contributed by atoms with van der Waals surface area (Å²) in [6.07, 6.45) is 1.04. The highest BCUT2D eigenvalue weighted by atomic mass is 16.4. The molecule has 0 radical (unpaired) electrons. The lowest BCUT2D eigenvalue weighted by atomic mass is 10.2. The summed E-state index contributed by atoms with van der Waals surface area (Å²) in [6.45, 7) is 0.460. The van der Waals surface area contributed by atoms with Gasteiger partial charge in [0.1, 0.15) is 5.52 Å². The maximum atomic E-state index is 12.3. The van der Waals surface area contributed by atoms with E-state index in [0.717, 1.165) is 4.68 Å². The zero-order valence-corrected chi connectivity index (χ0v) is 12.3. The highest BCUT2D eigenvalue weighted by molar-refractivity contribution is 5.83. The molecule has 1 fully saturated rings. The molecule has 1 saturated heterocycles. The molecule has 23 heavy (non-hydrogen) atoms. The van der Waals surface area contributed by atoms with Gasteiger partial charge in [0.25, 0.3) is 5.56 Å². The first kappa shape index (κ1) is 15.1. The number of nitrogens with zero attached hydrogens (tertiary/aromatic N) is 4. The number of carboxylic acid groups (broad SMARTS) is 1. The predicted molar refractivity (Wildman–Crippen MR) is 78.2 cm³/mol. The van der Waals surface area contributed by atoms with Gasteiger partial charge in [-0.05, 0) is 25.0 Å². The van der Waals surface area contributed by atoms with Gasteiger partial charge in [-0.25, -0.2) is 4.68 Å². The molecule has 0 unspecified atom stereocenters. The van der Waals surface area contributed by atoms with Gasteiger partial charge in [0, 0.05) is 13.0 Å². The van der Waals surface area contributed by atoms with Crippen LogP contribution in [0.3, 0.4) is 0 Å². The first-order chi connectivity index (χ1) is 11.1. The second-order valence-corrected chi connectivity index (χ2v) is 5.45. The van der Waals surface area contributed by atoms with Crippen molar-refractivity contribution in [1.29, 1.82) is 0 Å². The lowest BCUT2D eigenvalue weighted by Crippen LogP contribution is -2.47. The maximum absolute atomic E-state index is 12.3. The lowest BCUT2D eigenvalue weighted by molar-refractivity contribution is -0.310. The maximum Gasteiger partial charge on any atom is 0.277 e. The summed E-state index contributed by atoms with van der Waals surface area (Å²) in [5, 5.41) is 19.2. The standard InChI is InChI=1S/C15H16N4O4/c20-13(18-8-3-6-12(18)15(22)23)7-9-19-14(21)10-4-1-2-5-11(10)16-17-19/h1-2,4-5,12H,3,6-9H2,(H,22,23)/p-1/t12-/m1/s1. The van der Waals surface area contributed by atoms with E-state index in [-0.39, 0.29) is 24.4 Å². The highest BCUT2D eigenvalue weighted by Crippen LogP contribution is 2.17. The number of rotatable bonds is 4. The van der Waals surface area contributed by atoms with Crippen LogP contribution in [0.25, 0.3) is 10.9 Å². The number of carbonyl (C=O) groups excluding carboxylic acids is 2. The molecule has 1 aromatic carbocycles. The summed E-state index contributed by atoms with van der Waals surface area (Å²) >= 11 is 0. The molecule has 120 valence electrons. The zero-order valence-electron chi connectivity index (χ0n) is 12.3. The summed E-state index contributed by atoms with van der Waals surface area (Å²) in [4.78, 5) is 36.8. The molecule has 8 nitrogen and oxygen atoms in total. The number of likely N-dealkylation sites (tertiary alicyclic amines) is 1. The van der Waals surface area contributed by atoms with Gasteiger partial charge in [-0.1, -0.05) is 17.3 Å². The van der Waals surface area contributed by atoms with Crippen LogP contribution in [0.1, 0.15) is 19.3 Å². The second kappa shape index (κ2) is 6.15. The fraction of sp³-hybridized carbons (Fsp3) is 0.400. The molecule has 0 bridgehead atoms. The Labute approximate surface area is 131 Å². The summed E-state index contributed by atoms with van der Waals surface area (Å²) in [5.41, 5.74) is 0.179. The molecule has 2 aromatic rings. The monoisotopic (exact) mass is 315 g/mol. The van der Waals surface area contributed by atoms with Gasteiger partial charge in [0.05, 0.1) is 23.9 Å². The molecule has 3 rings (SSSR count). The normalized spacial score (nSPS) is 17.6. The minimum absolute atomic E-state index is 0.00327. The van der Waals surface area contributed by atoms with E-state index in [0.29, 0.717) is 30.3 Å². The Balaban J connectivity index is 1.73. The predicted octanol–water partition coefficient (Wildman–Crippen LogP) is -1.08. The minimum atomic E-state index is -1.24. The molecule has 8 heteroatoms. The number of aromatic nitrogens is 3. The van der Waals surface area contributed by atoms with Crippen LogP contribution in [0.15, 0.2) is 29.1 Å². The number of carboxylic acids is 1. The molecule has 1 aliphatic rings. The summed E-state index contributed by atoms with van der Waals surface area (Å²) < 4.78 is 1.13. The van der Waals surface area contributed by atoms with Crippen molar-refractivity contribution < 1.29 is 14.7 Å². The molecule has 1 amide bonds. The molecular weight excluding hydrogens is 300 g/mol. The second-order valence-electron chi connectivity index (χ2n) is 5.45. The van der Waals surface area contributed by atoms with Crippen molar-refractivity contribution in [2.24, 2.45) is 0 Å². The van der Waals surface area contributed by atoms with Crippen LogP contribution in [-0.2, 0) is 16.1 Å². The first-order valence-electron chi connectivity index (χ1n) is 7.41. The van der Waals surface area contributed by atoms with Crippen LogP contribution in [-0.4, -0.2) is 44.4 Å². The number of benzene rings is 1. The Morgan fingerprint density at radius 1 is 1.30 bits per heavy atom. The molecule has 1 atom stereocenters. The fourth-order valence-electron chi connectivity index (χ4n) is 2.83. The van der Waals surface area contributed by atoms with Gasteiger partial charge < -0.3 is 14.8 Å². The van der Waals surface area contributed by atoms with Crippen molar-refractivity contribution in [2.45, 2.75) is 31.8 Å². The van der Waals surface area contributed by atoms with Crippen molar-refractivity contribution in [1.82, 2.24) is 19.9 Å². The molecule has 1 aliphatic heterocycles. The smallest absolute Gasteiger partial charge is 0.277 e. The van der Waals surface area contributed by atoms with E-state index in [2.05, 4.69) is 10.3 Å². The largest absolute Gasteiger partial charge is 0.548 e. The number of aliphatic carboxylic acids is 1. The lowest BCUT2D eigenvalue weighted by Gasteiger charge is -2.25. The van der Waals surface area contributed by atoms with Gasteiger partial charge in [-0.15, -0.1) is 5.10 Å². The van der Waals surface area contributed by atoms with Gasteiger partial charge in [-0.3, -0.25) is 9.59 Å². The fourth-order valence-corrected chi connectivity index (χ4v) is 2.83. The van der Waals surface area contributed by atoms with Gasteiger partial charge in [0.2, 0.25) is 5.91 Å². The Morgan fingerprint density at radius 2 is 2.09 bits per heavy atom. The van der Waals surface area contributed by atoms with Crippen molar-refractivity contribution in [3.63, 3.8) is 0 Å². The van der Waals surface area contributed by atoms with Crippen molar-refractivity contribution in [2.75, 3.05) is 6.54 Å². The third-order valence-corrected chi connectivity index (χ3v) is 4.01. The Hall–Kier alpha value is -2.77. The molecule has 0 saturated carbocycles. The molecule has 1 aromatic heterocycles. The van der Waals surface area contributed by atoms with Crippen molar-refractivity contribution in [3.8, 4) is 0 Å². The van der Waals surface area contributed by atoms with E-state index in [1.54, 1.807) is 24.3 Å². The molecule has 2 heterocycles. The van der Waals surface area contributed by atoms with Gasteiger partial charge in [0.15, 0.2) is 0 Å². The van der Waals surface area contributed by atoms with Crippen molar-refractivity contribution in [3.05, 3.63) is 34.6 Å². The third kappa shape index (κ3) is 2.92. The van der Waals surface area contributed by atoms with E-state index in [4.69, 9.17) is 0 Å². The van der Waals surface area contributed by atoms with E-state index in [1.807, 2.05) is 0 Å². The van der Waals surface area contributed by atoms with Gasteiger partial charge >= 0.3 is 0 Å². The third-order valence-electron chi connectivity index (χ3n) is 4.01. The highest BCUT2D eigenvalue weighted by Gasteiger charge is 2.29. The van der Waals surface area contributed by atoms with E-state index >= 15 is 0 Å². The average molecular weight is 315 g/mol. The van der Waals surface area contributed by atoms with Crippen LogP contribution in [0.5, 0.6) is 0 Å². The van der Waals surface area contributed by atoms with Crippen LogP contribution >= 0.6 is 0 Å². The topological polar surface area (TPSA) is 108 Å². The van der Waals surface area contributed by atoms with E-state index < -0.39 is 12.0 Å². The minimum Gasteiger partial charge on any atom is -0.548 e. The summed E-state index contributed by atoms with van der Waals surface area (Å²) in [5.74, 6) is -1.56. The van der Waals surface area contributed by atoms with E-state index in [1.165, 1.54) is 4.90 Å².